The number of hydrogen-bond acceptors (Lipinski definition) is 4. The molecule has 0 aliphatic carbocycles. The summed E-state index contributed by atoms with van der Waals surface area (Å²) in [5.74, 6) is 0. The molecule has 1 aliphatic heterocycles. The topological polar surface area (TPSA) is 67.2 Å². The molecular formula is C12H16BrN3O2. The second-order valence-electron chi connectivity index (χ2n) is 4.55. The SMILES string of the molecule is Cc1cc(NCC2CCCN2)c(Br)cc1[N+](=O)[O-]. The smallest absolute Gasteiger partial charge is 0.273 e. The third-order valence-corrected chi connectivity index (χ3v) is 3.84. The molecule has 1 unspecified atom stereocenters. The van der Waals surface area contributed by atoms with Crippen molar-refractivity contribution in [3.05, 3.63) is 32.3 Å². The van der Waals surface area contributed by atoms with Crippen LogP contribution in [0.15, 0.2) is 16.6 Å². The molecule has 0 radical (unpaired) electrons. The predicted octanol–water partition coefficient (Wildman–Crippen LogP) is 2.83. The molecule has 2 rings (SSSR count). The highest BCUT2D eigenvalue weighted by Gasteiger charge is 2.16. The van der Waals surface area contributed by atoms with Gasteiger partial charge in [-0.05, 0) is 48.3 Å². The third kappa shape index (κ3) is 3.00. The minimum atomic E-state index is -0.359. The number of benzene rings is 1. The Hall–Kier alpha value is -1.14. The first-order valence-corrected chi connectivity index (χ1v) is 6.79. The standard InChI is InChI=1S/C12H16BrN3O2/c1-8-5-11(10(13)6-12(8)16(17)18)15-7-9-3-2-4-14-9/h5-6,9,14-15H,2-4,7H2,1H3. The van der Waals surface area contributed by atoms with Crippen LogP contribution in [0, 0.1) is 17.0 Å². The lowest BCUT2D eigenvalue weighted by Gasteiger charge is -2.14. The molecule has 18 heavy (non-hydrogen) atoms. The third-order valence-electron chi connectivity index (χ3n) is 3.18. The fourth-order valence-electron chi connectivity index (χ4n) is 2.17. The van der Waals surface area contributed by atoms with E-state index >= 15 is 0 Å². The van der Waals surface area contributed by atoms with E-state index in [-0.39, 0.29) is 10.6 Å². The molecule has 2 N–H and O–H groups in total. The zero-order valence-corrected chi connectivity index (χ0v) is 11.8. The monoisotopic (exact) mass is 313 g/mol. The molecule has 6 heteroatoms. The molecule has 1 heterocycles. The lowest BCUT2D eigenvalue weighted by atomic mass is 10.1. The second kappa shape index (κ2) is 5.67. The van der Waals surface area contributed by atoms with Crippen LogP contribution < -0.4 is 10.6 Å². The van der Waals surface area contributed by atoms with Gasteiger partial charge >= 0.3 is 0 Å². The van der Waals surface area contributed by atoms with E-state index in [1.807, 2.05) is 6.07 Å². The molecule has 0 bridgehead atoms. The van der Waals surface area contributed by atoms with Crippen molar-refractivity contribution in [2.75, 3.05) is 18.4 Å². The highest BCUT2D eigenvalue weighted by Crippen LogP contribution is 2.30. The summed E-state index contributed by atoms with van der Waals surface area (Å²) in [4.78, 5) is 10.4. The summed E-state index contributed by atoms with van der Waals surface area (Å²) in [5.41, 5.74) is 1.73. The van der Waals surface area contributed by atoms with Gasteiger partial charge in [0.15, 0.2) is 0 Å². The number of nitro benzene ring substituents is 1. The molecule has 1 saturated heterocycles. The van der Waals surface area contributed by atoms with E-state index in [0.29, 0.717) is 11.6 Å². The van der Waals surface area contributed by atoms with Crippen molar-refractivity contribution in [3.63, 3.8) is 0 Å². The molecule has 0 spiro atoms. The van der Waals surface area contributed by atoms with Crippen LogP contribution in [0.2, 0.25) is 0 Å². The first-order valence-electron chi connectivity index (χ1n) is 5.99. The Kier molecular flexibility index (Phi) is 4.19. The van der Waals surface area contributed by atoms with Crippen molar-refractivity contribution in [3.8, 4) is 0 Å². The number of anilines is 1. The van der Waals surface area contributed by atoms with Crippen LogP contribution in [-0.4, -0.2) is 24.1 Å². The van der Waals surface area contributed by atoms with Gasteiger partial charge in [0.2, 0.25) is 0 Å². The quantitative estimate of drug-likeness (QED) is 0.662. The number of nitro groups is 1. The van der Waals surface area contributed by atoms with Gasteiger partial charge in [0.25, 0.3) is 5.69 Å². The Morgan fingerprint density at radius 3 is 3.00 bits per heavy atom. The molecule has 1 fully saturated rings. The maximum absolute atomic E-state index is 10.8. The molecule has 1 atom stereocenters. The second-order valence-corrected chi connectivity index (χ2v) is 5.40. The number of aryl methyl sites for hydroxylation is 1. The zero-order valence-electron chi connectivity index (χ0n) is 10.2. The highest BCUT2D eigenvalue weighted by molar-refractivity contribution is 9.10. The van der Waals surface area contributed by atoms with Gasteiger partial charge in [-0.2, -0.15) is 0 Å². The van der Waals surface area contributed by atoms with Crippen molar-refractivity contribution in [1.29, 1.82) is 0 Å². The van der Waals surface area contributed by atoms with E-state index in [1.54, 1.807) is 13.0 Å². The van der Waals surface area contributed by atoms with Crippen molar-refractivity contribution < 1.29 is 4.92 Å². The number of nitrogens with zero attached hydrogens (tertiary/aromatic N) is 1. The van der Waals surface area contributed by atoms with E-state index in [0.717, 1.165) is 23.2 Å². The number of nitrogens with one attached hydrogen (secondary N) is 2. The van der Waals surface area contributed by atoms with Gasteiger partial charge in [0.1, 0.15) is 0 Å². The Morgan fingerprint density at radius 1 is 1.61 bits per heavy atom. The zero-order chi connectivity index (χ0) is 13.1. The van der Waals surface area contributed by atoms with Gasteiger partial charge in [0.05, 0.1) is 4.92 Å². The van der Waals surface area contributed by atoms with Crippen LogP contribution in [0.25, 0.3) is 0 Å². The molecule has 1 aromatic carbocycles. The minimum absolute atomic E-state index is 0.145. The first kappa shape index (κ1) is 13.3. The molecule has 5 nitrogen and oxygen atoms in total. The van der Waals surface area contributed by atoms with E-state index in [4.69, 9.17) is 0 Å². The summed E-state index contributed by atoms with van der Waals surface area (Å²) in [6.45, 7) is 3.67. The summed E-state index contributed by atoms with van der Waals surface area (Å²) in [5, 5.41) is 17.5. The van der Waals surface area contributed by atoms with Gasteiger partial charge < -0.3 is 10.6 Å². The van der Waals surface area contributed by atoms with E-state index < -0.39 is 0 Å². The number of hydrogen-bond donors (Lipinski definition) is 2. The van der Waals surface area contributed by atoms with E-state index in [9.17, 15) is 10.1 Å². The fraction of sp³-hybridized carbons (Fsp3) is 0.500. The van der Waals surface area contributed by atoms with Gasteiger partial charge in [0, 0.05) is 34.4 Å². The van der Waals surface area contributed by atoms with Crippen molar-refractivity contribution >= 4 is 27.3 Å². The van der Waals surface area contributed by atoms with Crippen molar-refractivity contribution in [2.45, 2.75) is 25.8 Å². The average Bonchev–Trinajstić information content (AvgIpc) is 2.82. The summed E-state index contributed by atoms with van der Waals surface area (Å²) in [7, 11) is 0. The summed E-state index contributed by atoms with van der Waals surface area (Å²) in [6.07, 6.45) is 2.39. The fourth-order valence-corrected chi connectivity index (χ4v) is 2.64. The molecule has 98 valence electrons. The lowest BCUT2D eigenvalue weighted by molar-refractivity contribution is -0.385. The number of halogens is 1. The van der Waals surface area contributed by atoms with Crippen LogP contribution in [0.4, 0.5) is 11.4 Å². The predicted molar refractivity (Wildman–Crippen MR) is 75.0 cm³/mol. The summed E-state index contributed by atoms with van der Waals surface area (Å²) in [6, 6.07) is 3.86. The molecule has 0 aromatic heterocycles. The lowest BCUT2D eigenvalue weighted by Crippen LogP contribution is -2.29. The normalized spacial score (nSPS) is 18.9. The Morgan fingerprint density at radius 2 is 2.39 bits per heavy atom. The van der Waals surface area contributed by atoms with Gasteiger partial charge in [-0.1, -0.05) is 0 Å². The van der Waals surface area contributed by atoms with Gasteiger partial charge in [-0.15, -0.1) is 0 Å². The highest BCUT2D eigenvalue weighted by atomic mass is 79.9. The van der Waals surface area contributed by atoms with E-state index in [1.165, 1.54) is 12.8 Å². The summed E-state index contributed by atoms with van der Waals surface area (Å²) < 4.78 is 0.734. The molecular weight excluding hydrogens is 298 g/mol. The Labute approximate surface area is 114 Å². The Balaban J connectivity index is 2.08. The Bertz CT molecular complexity index is 459. The van der Waals surface area contributed by atoms with Crippen molar-refractivity contribution in [1.82, 2.24) is 5.32 Å². The largest absolute Gasteiger partial charge is 0.383 e. The van der Waals surface area contributed by atoms with Crippen LogP contribution in [0.3, 0.4) is 0 Å². The molecule has 0 amide bonds. The number of rotatable bonds is 4. The van der Waals surface area contributed by atoms with Crippen LogP contribution in [0.5, 0.6) is 0 Å². The van der Waals surface area contributed by atoms with Crippen LogP contribution in [0.1, 0.15) is 18.4 Å². The van der Waals surface area contributed by atoms with E-state index in [2.05, 4.69) is 26.6 Å². The summed E-state index contributed by atoms with van der Waals surface area (Å²) >= 11 is 3.37. The molecule has 0 saturated carbocycles. The van der Waals surface area contributed by atoms with Gasteiger partial charge in [-0.3, -0.25) is 10.1 Å². The van der Waals surface area contributed by atoms with Gasteiger partial charge in [-0.25, -0.2) is 0 Å². The molecule has 1 aliphatic rings. The minimum Gasteiger partial charge on any atom is -0.383 e. The maximum Gasteiger partial charge on any atom is 0.273 e. The maximum atomic E-state index is 10.8. The van der Waals surface area contributed by atoms with Crippen LogP contribution >= 0.6 is 15.9 Å². The van der Waals surface area contributed by atoms with Crippen LogP contribution in [-0.2, 0) is 0 Å². The average molecular weight is 314 g/mol. The van der Waals surface area contributed by atoms with Crippen molar-refractivity contribution in [2.24, 2.45) is 0 Å². The first-order chi connectivity index (χ1) is 8.58. The molecule has 1 aromatic rings.